The highest BCUT2D eigenvalue weighted by molar-refractivity contribution is 8.24. The van der Waals surface area contributed by atoms with Gasteiger partial charge in [0, 0.05) is 24.7 Å². The molecule has 27 heavy (non-hydrogen) atoms. The zero-order valence-corrected chi connectivity index (χ0v) is 15.2. The molecule has 0 amide bonds. The minimum absolute atomic E-state index is 0.0812. The molecule has 0 saturated carbocycles. The third-order valence-electron chi connectivity index (χ3n) is 4.18. The number of aliphatic carboxylic acids is 1. The van der Waals surface area contributed by atoms with Crippen molar-refractivity contribution >= 4 is 22.6 Å². The fraction of sp³-hybridized carbons (Fsp3) is 0.375. The largest absolute Gasteiger partial charge is 0.506 e. The molecule has 11 heteroatoms. The van der Waals surface area contributed by atoms with Crippen molar-refractivity contribution < 1.29 is 29.2 Å². The van der Waals surface area contributed by atoms with Crippen LogP contribution < -0.4 is 9.03 Å². The lowest BCUT2D eigenvalue weighted by Gasteiger charge is -2.37. The summed E-state index contributed by atoms with van der Waals surface area (Å²) in [7, 11) is -3.42. The molecule has 0 radical (unpaired) electrons. The van der Waals surface area contributed by atoms with Gasteiger partial charge in [-0.1, -0.05) is 17.0 Å². The van der Waals surface area contributed by atoms with E-state index in [1.807, 2.05) is 0 Å². The van der Waals surface area contributed by atoms with Crippen LogP contribution in [0, 0.1) is 0 Å². The summed E-state index contributed by atoms with van der Waals surface area (Å²) in [6.45, 7) is 0.503. The van der Waals surface area contributed by atoms with Crippen LogP contribution in [0.1, 0.15) is 19.3 Å². The number of aromatic nitrogens is 2. The Labute approximate surface area is 157 Å². The number of carboxylic acids is 1. The predicted octanol–water partition coefficient (Wildman–Crippen LogP) is 1.82. The number of aromatic hydroxyl groups is 1. The maximum Gasteiger partial charge on any atom is 0.303 e. The van der Waals surface area contributed by atoms with Gasteiger partial charge in [0.25, 0.3) is 0 Å². The first-order chi connectivity index (χ1) is 12.8. The molecule has 0 aliphatic carbocycles. The minimum atomic E-state index is -3.42. The Bertz CT molecular complexity index is 827. The lowest BCUT2D eigenvalue weighted by Crippen LogP contribution is -2.25. The van der Waals surface area contributed by atoms with Gasteiger partial charge in [0.05, 0.1) is 12.7 Å². The first kappa shape index (κ1) is 19.5. The SMILES string of the molecule is O=C(O)CCCCn1cc(-c2ccc(O)c(N3CC(O)NS3(O)O)c2)cn1. The number of aliphatic hydroxyl groups is 1. The van der Waals surface area contributed by atoms with Crippen molar-refractivity contribution in [2.24, 2.45) is 0 Å². The fourth-order valence-corrected chi connectivity index (χ4v) is 4.20. The molecule has 1 aliphatic rings. The molecule has 6 N–H and O–H groups in total. The summed E-state index contributed by atoms with van der Waals surface area (Å²) in [6.07, 6.45) is 3.70. The van der Waals surface area contributed by atoms with Crippen molar-refractivity contribution in [2.45, 2.75) is 32.0 Å². The molecule has 3 rings (SSSR count). The molecular formula is C16H22N4O6S. The summed E-state index contributed by atoms with van der Waals surface area (Å²) in [5.74, 6) is -0.962. The van der Waals surface area contributed by atoms with Gasteiger partial charge in [-0.25, -0.2) is 0 Å². The van der Waals surface area contributed by atoms with Gasteiger partial charge < -0.3 is 15.3 Å². The van der Waals surface area contributed by atoms with Crippen LogP contribution in [-0.2, 0) is 11.3 Å². The number of benzene rings is 1. The zero-order valence-electron chi connectivity index (χ0n) is 14.4. The molecule has 1 saturated heterocycles. The van der Waals surface area contributed by atoms with E-state index in [1.165, 1.54) is 6.07 Å². The van der Waals surface area contributed by atoms with Crippen LogP contribution in [0.25, 0.3) is 11.1 Å². The van der Waals surface area contributed by atoms with E-state index in [-0.39, 0.29) is 24.4 Å². The normalized spacial score (nSPS) is 20.0. The van der Waals surface area contributed by atoms with Crippen LogP contribution in [0.15, 0.2) is 30.6 Å². The molecule has 0 bridgehead atoms. The number of nitrogens with zero attached hydrogens (tertiary/aromatic N) is 3. The highest BCUT2D eigenvalue weighted by Gasteiger charge is 2.36. The molecule has 1 atom stereocenters. The van der Waals surface area contributed by atoms with E-state index in [0.29, 0.717) is 24.9 Å². The van der Waals surface area contributed by atoms with E-state index in [9.17, 15) is 24.1 Å². The molecular weight excluding hydrogens is 376 g/mol. The molecule has 1 fully saturated rings. The molecule has 1 aromatic carbocycles. The van der Waals surface area contributed by atoms with E-state index in [4.69, 9.17) is 5.11 Å². The number of carbonyl (C=O) groups is 1. The molecule has 1 unspecified atom stereocenters. The third kappa shape index (κ3) is 4.51. The first-order valence-electron chi connectivity index (χ1n) is 8.35. The predicted molar refractivity (Wildman–Crippen MR) is 100 cm³/mol. The molecule has 2 aromatic rings. The van der Waals surface area contributed by atoms with Crippen molar-refractivity contribution in [3.63, 3.8) is 0 Å². The highest BCUT2D eigenvalue weighted by Crippen LogP contribution is 2.50. The lowest BCUT2D eigenvalue weighted by molar-refractivity contribution is -0.137. The van der Waals surface area contributed by atoms with Crippen LogP contribution in [0.4, 0.5) is 5.69 Å². The van der Waals surface area contributed by atoms with Crippen molar-refractivity contribution in [1.29, 1.82) is 0 Å². The number of anilines is 1. The van der Waals surface area contributed by atoms with Gasteiger partial charge in [0.15, 0.2) is 0 Å². The van der Waals surface area contributed by atoms with Crippen LogP contribution in [0.2, 0.25) is 0 Å². The topological polar surface area (TPSA) is 151 Å². The van der Waals surface area contributed by atoms with Crippen LogP contribution >= 0.6 is 11.0 Å². The number of β-amino-alcohol motifs (C(OH)–C–C–N with tert-alkyl or cyclic N) is 1. The molecule has 1 aromatic heterocycles. The number of phenols is 1. The maximum atomic E-state index is 10.5. The zero-order chi connectivity index (χ0) is 19.6. The molecule has 0 spiro atoms. The van der Waals surface area contributed by atoms with Gasteiger partial charge in [-0.2, -0.15) is 9.82 Å². The monoisotopic (exact) mass is 398 g/mol. The van der Waals surface area contributed by atoms with Gasteiger partial charge in [-0.15, -0.1) is 0 Å². The number of aliphatic hydroxyl groups excluding tert-OH is 1. The second kappa shape index (κ2) is 7.74. The number of carboxylic acid groups (broad SMARTS) is 1. The van der Waals surface area contributed by atoms with Crippen molar-refractivity contribution in [2.75, 3.05) is 10.8 Å². The minimum Gasteiger partial charge on any atom is -0.506 e. The number of phenolic OH excluding ortho intramolecular Hbond substituents is 1. The fourth-order valence-electron chi connectivity index (χ4n) is 2.87. The number of hydrogen-bond donors (Lipinski definition) is 6. The summed E-state index contributed by atoms with van der Waals surface area (Å²) in [4.78, 5) is 10.5. The summed E-state index contributed by atoms with van der Waals surface area (Å²) in [6, 6.07) is 4.71. The van der Waals surface area contributed by atoms with E-state index in [2.05, 4.69) is 9.82 Å². The van der Waals surface area contributed by atoms with Gasteiger partial charge in [0.1, 0.15) is 17.7 Å². The Morgan fingerprint density at radius 1 is 1.30 bits per heavy atom. The molecule has 1 aliphatic heterocycles. The third-order valence-corrected chi connectivity index (χ3v) is 5.73. The van der Waals surface area contributed by atoms with Crippen molar-refractivity contribution in [3.05, 3.63) is 30.6 Å². The molecule has 148 valence electrons. The molecule has 10 nitrogen and oxygen atoms in total. The van der Waals surface area contributed by atoms with E-state index in [0.717, 1.165) is 9.87 Å². The smallest absolute Gasteiger partial charge is 0.303 e. The van der Waals surface area contributed by atoms with Crippen molar-refractivity contribution in [1.82, 2.24) is 14.5 Å². The summed E-state index contributed by atoms with van der Waals surface area (Å²) in [5.41, 5.74) is 1.65. The average molecular weight is 398 g/mol. The van der Waals surface area contributed by atoms with Crippen LogP contribution in [-0.4, -0.2) is 52.9 Å². The second-order valence-electron chi connectivity index (χ2n) is 6.26. The van der Waals surface area contributed by atoms with Crippen molar-refractivity contribution in [3.8, 4) is 16.9 Å². The average Bonchev–Trinajstić information content (AvgIpc) is 3.15. The van der Waals surface area contributed by atoms with Gasteiger partial charge >= 0.3 is 5.97 Å². The Hall–Kier alpha value is -2.31. The number of hydrogen-bond acceptors (Lipinski definition) is 8. The standard InChI is InChI=1S/C16H22N4O6S/c21-14-5-4-11(7-13(14)20-10-15(22)18-27(20,25)26)12-8-17-19(9-12)6-2-1-3-16(23)24/h4-5,7-9,15,18,21-22,25-26H,1-3,6,10H2,(H,23,24). The van der Waals surface area contributed by atoms with Crippen LogP contribution in [0.3, 0.4) is 0 Å². The summed E-state index contributed by atoms with van der Waals surface area (Å²) < 4.78 is 25.2. The second-order valence-corrected chi connectivity index (χ2v) is 7.97. The Balaban J connectivity index is 1.76. The van der Waals surface area contributed by atoms with Crippen LogP contribution in [0.5, 0.6) is 5.75 Å². The summed E-state index contributed by atoms with van der Waals surface area (Å²) in [5, 5.41) is 32.7. The quantitative estimate of drug-likeness (QED) is 0.384. The van der Waals surface area contributed by atoms with Gasteiger partial charge in [-0.3, -0.25) is 22.9 Å². The van der Waals surface area contributed by atoms with E-state index < -0.39 is 23.2 Å². The van der Waals surface area contributed by atoms with E-state index in [1.54, 1.807) is 29.2 Å². The van der Waals surface area contributed by atoms with Gasteiger partial charge in [0.2, 0.25) is 0 Å². The Kier molecular flexibility index (Phi) is 5.58. The summed E-state index contributed by atoms with van der Waals surface area (Å²) >= 11 is 0. The Morgan fingerprint density at radius 2 is 2.07 bits per heavy atom. The number of unbranched alkanes of at least 4 members (excludes halogenated alkanes) is 1. The Morgan fingerprint density at radius 3 is 2.74 bits per heavy atom. The lowest BCUT2D eigenvalue weighted by atomic mass is 10.1. The maximum absolute atomic E-state index is 10.5. The molecule has 2 heterocycles. The number of aryl methyl sites for hydroxylation is 1. The van der Waals surface area contributed by atoms with E-state index >= 15 is 0 Å². The number of rotatable bonds is 7. The van der Waals surface area contributed by atoms with Gasteiger partial charge in [-0.05, 0) is 30.5 Å². The highest BCUT2D eigenvalue weighted by atomic mass is 32.3. The first-order valence-corrected chi connectivity index (χ1v) is 9.85. The number of nitrogens with one attached hydrogen (secondary N) is 1.